The summed E-state index contributed by atoms with van der Waals surface area (Å²) in [7, 11) is 0. The van der Waals surface area contributed by atoms with E-state index in [1.807, 2.05) is 0 Å². The molecule has 0 saturated carbocycles. The zero-order chi connectivity index (χ0) is 5.98. The minimum Gasteiger partial charge on any atom is -0.226 e. The third kappa shape index (κ3) is 4.12. The van der Waals surface area contributed by atoms with E-state index < -0.39 is 0 Å². The minimum absolute atomic E-state index is 0. The van der Waals surface area contributed by atoms with E-state index in [1.54, 1.807) is 6.07 Å². The lowest BCUT2D eigenvalue weighted by atomic mass is 10.7. The van der Waals surface area contributed by atoms with Crippen molar-refractivity contribution in [2.45, 2.75) is 0 Å². The van der Waals surface area contributed by atoms with E-state index in [2.05, 4.69) is 9.97 Å². The SMILES string of the molecule is Cl.Cl.Clc1ccnc(Cl)n1. The smallest absolute Gasteiger partial charge is 0.223 e. The molecular weight excluding hydrogens is 218 g/mol. The second kappa shape index (κ2) is 5.98. The van der Waals surface area contributed by atoms with Gasteiger partial charge in [-0.3, -0.25) is 0 Å². The van der Waals surface area contributed by atoms with E-state index in [-0.39, 0.29) is 30.1 Å². The van der Waals surface area contributed by atoms with Gasteiger partial charge in [-0.1, -0.05) is 11.6 Å². The maximum absolute atomic E-state index is 5.41. The summed E-state index contributed by atoms with van der Waals surface area (Å²) in [6.45, 7) is 0. The topological polar surface area (TPSA) is 25.8 Å². The number of aromatic nitrogens is 2. The summed E-state index contributed by atoms with van der Waals surface area (Å²) in [5, 5.41) is 0.544. The fourth-order valence-corrected chi connectivity index (χ4v) is 0.642. The maximum Gasteiger partial charge on any atom is 0.223 e. The lowest BCUT2D eigenvalue weighted by Crippen LogP contribution is -1.77. The highest BCUT2D eigenvalue weighted by Gasteiger charge is 1.88. The fourth-order valence-electron chi connectivity index (χ4n) is 0.315. The van der Waals surface area contributed by atoms with Crippen molar-refractivity contribution in [2.75, 3.05) is 0 Å². The van der Waals surface area contributed by atoms with Crippen LogP contribution >= 0.6 is 48.0 Å². The molecule has 0 radical (unpaired) electrons. The molecule has 0 fully saturated rings. The molecular formula is C4H4Cl4N2. The Balaban J connectivity index is 0. The quantitative estimate of drug-likeness (QED) is 0.498. The zero-order valence-electron chi connectivity index (χ0n) is 4.62. The lowest BCUT2D eigenvalue weighted by molar-refractivity contribution is 1.17. The first-order valence-electron chi connectivity index (χ1n) is 1.93. The predicted octanol–water partition coefficient (Wildman–Crippen LogP) is 2.63. The van der Waals surface area contributed by atoms with E-state index in [4.69, 9.17) is 23.2 Å². The highest BCUT2D eigenvalue weighted by atomic mass is 35.5. The molecule has 0 saturated heterocycles. The first kappa shape index (κ1) is 12.9. The predicted molar refractivity (Wildman–Crippen MR) is 46.5 cm³/mol. The molecule has 0 atom stereocenters. The van der Waals surface area contributed by atoms with Gasteiger partial charge in [-0.2, -0.15) is 0 Å². The van der Waals surface area contributed by atoms with Gasteiger partial charge >= 0.3 is 0 Å². The summed E-state index contributed by atoms with van der Waals surface area (Å²) in [6.07, 6.45) is 1.50. The van der Waals surface area contributed by atoms with Crippen LogP contribution in [-0.4, -0.2) is 9.97 Å². The van der Waals surface area contributed by atoms with Crippen LogP contribution < -0.4 is 0 Å². The normalized spacial score (nSPS) is 7.40. The van der Waals surface area contributed by atoms with Crippen molar-refractivity contribution >= 4 is 48.0 Å². The number of hydrogen-bond acceptors (Lipinski definition) is 2. The Morgan fingerprint density at radius 1 is 1.20 bits per heavy atom. The molecule has 58 valence electrons. The van der Waals surface area contributed by atoms with Crippen molar-refractivity contribution in [3.8, 4) is 0 Å². The van der Waals surface area contributed by atoms with Gasteiger partial charge in [0.2, 0.25) is 5.28 Å². The molecule has 1 aromatic heterocycles. The van der Waals surface area contributed by atoms with Gasteiger partial charge in [-0.05, 0) is 17.7 Å². The summed E-state index contributed by atoms with van der Waals surface area (Å²) in [5.74, 6) is 0. The Kier molecular flexibility index (Phi) is 7.70. The Morgan fingerprint density at radius 2 is 1.80 bits per heavy atom. The second-order valence-corrected chi connectivity index (χ2v) is 1.87. The summed E-state index contributed by atoms with van der Waals surface area (Å²) in [4.78, 5) is 7.20. The molecule has 1 heterocycles. The van der Waals surface area contributed by atoms with E-state index in [9.17, 15) is 0 Å². The van der Waals surface area contributed by atoms with Crippen molar-refractivity contribution in [1.82, 2.24) is 9.97 Å². The molecule has 0 aliphatic carbocycles. The van der Waals surface area contributed by atoms with Crippen molar-refractivity contribution in [3.63, 3.8) is 0 Å². The molecule has 0 unspecified atom stereocenters. The Hall–Kier alpha value is 0.240. The van der Waals surface area contributed by atoms with Crippen LogP contribution in [0.2, 0.25) is 10.4 Å². The van der Waals surface area contributed by atoms with Crippen molar-refractivity contribution in [1.29, 1.82) is 0 Å². The van der Waals surface area contributed by atoms with Crippen molar-refractivity contribution in [2.24, 2.45) is 0 Å². The number of halogens is 4. The van der Waals surface area contributed by atoms with Crippen LogP contribution in [-0.2, 0) is 0 Å². The number of nitrogens with zero attached hydrogens (tertiary/aromatic N) is 2. The Morgan fingerprint density at radius 3 is 2.10 bits per heavy atom. The van der Waals surface area contributed by atoms with E-state index in [1.165, 1.54) is 6.20 Å². The summed E-state index contributed by atoms with van der Waals surface area (Å²) >= 11 is 10.7. The van der Waals surface area contributed by atoms with Gasteiger partial charge in [0.1, 0.15) is 5.15 Å². The van der Waals surface area contributed by atoms with Gasteiger partial charge < -0.3 is 0 Å². The first-order valence-corrected chi connectivity index (χ1v) is 2.68. The number of rotatable bonds is 0. The zero-order valence-corrected chi connectivity index (χ0v) is 7.77. The van der Waals surface area contributed by atoms with E-state index >= 15 is 0 Å². The third-order valence-electron chi connectivity index (χ3n) is 0.592. The monoisotopic (exact) mass is 220 g/mol. The fraction of sp³-hybridized carbons (Fsp3) is 0. The maximum atomic E-state index is 5.41. The van der Waals surface area contributed by atoms with Gasteiger partial charge in [-0.25, -0.2) is 9.97 Å². The van der Waals surface area contributed by atoms with Crippen LogP contribution in [0.4, 0.5) is 0 Å². The van der Waals surface area contributed by atoms with Gasteiger partial charge in [-0.15, -0.1) is 24.8 Å². The first-order chi connectivity index (χ1) is 3.79. The molecule has 0 spiro atoms. The standard InChI is InChI=1S/C4H2Cl2N2.2ClH/c5-3-1-2-7-4(6)8-3;;/h1-2H;2*1H. The summed E-state index contributed by atoms with van der Waals surface area (Å²) in [6, 6.07) is 1.56. The number of hydrogen-bond donors (Lipinski definition) is 0. The second-order valence-electron chi connectivity index (χ2n) is 1.15. The molecule has 10 heavy (non-hydrogen) atoms. The van der Waals surface area contributed by atoms with E-state index in [0.717, 1.165) is 0 Å². The highest BCUT2D eigenvalue weighted by Crippen LogP contribution is 2.04. The highest BCUT2D eigenvalue weighted by molar-refractivity contribution is 6.31. The lowest BCUT2D eigenvalue weighted by Gasteiger charge is -1.85. The molecule has 2 nitrogen and oxygen atoms in total. The molecule has 0 N–H and O–H groups in total. The van der Waals surface area contributed by atoms with Gasteiger partial charge in [0.25, 0.3) is 0 Å². The molecule has 6 heteroatoms. The molecule has 0 aromatic carbocycles. The molecule has 0 aliphatic rings. The third-order valence-corrected chi connectivity index (χ3v) is 0.985. The molecule has 0 bridgehead atoms. The Bertz CT molecular complexity index is 175. The van der Waals surface area contributed by atoms with Gasteiger partial charge in [0.15, 0.2) is 0 Å². The van der Waals surface area contributed by atoms with Crippen molar-refractivity contribution < 1.29 is 0 Å². The van der Waals surface area contributed by atoms with Gasteiger partial charge in [0.05, 0.1) is 0 Å². The van der Waals surface area contributed by atoms with Crippen LogP contribution in [0.5, 0.6) is 0 Å². The van der Waals surface area contributed by atoms with Crippen LogP contribution in [0.1, 0.15) is 0 Å². The van der Waals surface area contributed by atoms with Crippen LogP contribution in [0.15, 0.2) is 12.3 Å². The molecule has 0 amide bonds. The summed E-state index contributed by atoms with van der Waals surface area (Å²) < 4.78 is 0. The largest absolute Gasteiger partial charge is 0.226 e. The average Bonchev–Trinajstić information content (AvgIpc) is 1.64. The summed E-state index contributed by atoms with van der Waals surface area (Å²) in [5.41, 5.74) is 0. The minimum atomic E-state index is 0. The molecule has 1 aromatic rings. The Labute approximate surface area is 80.8 Å². The van der Waals surface area contributed by atoms with E-state index in [0.29, 0.717) is 5.15 Å². The van der Waals surface area contributed by atoms with Crippen molar-refractivity contribution in [3.05, 3.63) is 22.7 Å². The molecule has 0 aliphatic heterocycles. The van der Waals surface area contributed by atoms with Crippen LogP contribution in [0.25, 0.3) is 0 Å². The van der Waals surface area contributed by atoms with Crippen LogP contribution in [0.3, 0.4) is 0 Å². The average molecular weight is 222 g/mol. The molecule has 1 rings (SSSR count). The van der Waals surface area contributed by atoms with Gasteiger partial charge in [0, 0.05) is 6.20 Å². The van der Waals surface area contributed by atoms with Crippen LogP contribution in [0, 0.1) is 0 Å².